The molecule has 27 heavy (non-hydrogen) atoms. The number of nitrogens with zero attached hydrogens (tertiary/aromatic N) is 1. The van der Waals surface area contributed by atoms with Gasteiger partial charge >= 0.3 is 0 Å². The second-order valence-electron chi connectivity index (χ2n) is 7.31. The van der Waals surface area contributed by atoms with Crippen LogP contribution in [0.15, 0.2) is 96.6 Å². The maximum atomic E-state index is 3.95. The van der Waals surface area contributed by atoms with Crippen LogP contribution in [0.2, 0.25) is 0 Å². The molecular formula is C26H29N. The van der Waals surface area contributed by atoms with E-state index >= 15 is 0 Å². The van der Waals surface area contributed by atoms with E-state index in [-0.39, 0.29) is 0 Å². The lowest BCUT2D eigenvalue weighted by atomic mass is 9.94. The number of aromatic nitrogens is 1. The minimum Gasteiger partial charge on any atom is -0.314 e. The fraction of sp³-hybridized carbons (Fsp3) is 0.231. The zero-order chi connectivity index (χ0) is 19.2. The number of hydrogen-bond donors (Lipinski definition) is 0. The van der Waals surface area contributed by atoms with Crippen LogP contribution in [-0.2, 0) is 0 Å². The summed E-state index contributed by atoms with van der Waals surface area (Å²) in [6.45, 7) is 10.4. The van der Waals surface area contributed by atoms with E-state index in [9.17, 15) is 0 Å². The van der Waals surface area contributed by atoms with Gasteiger partial charge in [0.25, 0.3) is 0 Å². The molecule has 0 N–H and O–H groups in total. The zero-order valence-electron chi connectivity index (χ0n) is 16.7. The summed E-state index contributed by atoms with van der Waals surface area (Å²) in [6.07, 6.45) is 15.6. The molecule has 2 aromatic rings. The molecule has 0 fully saturated rings. The minimum atomic E-state index is 0.439. The van der Waals surface area contributed by atoms with Crippen LogP contribution in [0.1, 0.15) is 32.4 Å². The average Bonchev–Trinajstić information content (AvgIpc) is 3.02. The van der Waals surface area contributed by atoms with Gasteiger partial charge in [-0.05, 0) is 56.4 Å². The first-order valence-electron chi connectivity index (χ1n) is 9.69. The van der Waals surface area contributed by atoms with Crippen molar-refractivity contribution >= 4 is 5.70 Å². The Kier molecular flexibility index (Phi) is 6.13. The highest BCUT2D eigenvalue weighted by atomic mass is 15.0. The van der Waals surface area contributed by atoms with E-state index in [0.717, 1.165) is 18.4 Å². The largest absolute Gasteiger partial charge is 0.314 e. The molecule has 0 saturated carbocycles. The molecule has 0 aliphatic heterocycles. The highest BCUT2D eigenvalue weighted by Crippen LogP contribution is 2.28. The minimum absolute atomic E-state index is 0.439. The smallest absolute Gasteiger partial charge is 0.0531 e. The maximum absolute atomic E-state index is 3.95. The molecule has 1 aliphatic carbocycles. The molecule has 1 heterocycles. The number of rotatable bonds is 5. The van der Waals surface area contributed by atoms with Crippen LogP contribution >= 0.6 is 0 Å². The fourth-order valence-electron chi connectivity index (χ4n) is 3.48. The lowest BCUT2D eigenvalue weighted by Crippen LogP contribution is -2.02. The normalized spacial score (nSPS) is 19.7. The van der Waals surface area contributed by atoms with Crippen molar-refractivity contribution in [2.24, 2.45) is 5.92 Å². The number of allylic oxidation sites excluding steroid dienone is 9. The Labute approximate surface area is 163 Å². The molecule has 138 valence electrons. The van der Waals surface area contributed by atoms with Gasteiger partial charge in [-0.15, -0.1) is 0 Å². The van der Waals surface area contributed by atoms with Crippen LogP contribution in [0.4, 0.5) is 0 Å². The highest BCUT2D eigenvalue weighted by Gasteiger charge is 2.11. The van der Waals surface area contributed by atoms with Gasteiger partial charge in [-0.25, -0.2) is 0 Å². The summed E-state index contributed by atoms with van der Waals surface area (Å²) in [5.74, 6) is 0.439. The van der Waals surface area contributed by atoms with Crippen molar-refractivity contribution in [1.82, 2.24) is 4.57 Å². The van der Waals surface area contributed by atoms with Crippen LogP contribution in [0.5, 0.6) is 0 Å². The van der Waals surface area contributed by atoms with Crippen molar-refractivity contribution in [1.29, 1.82) is 0 Å². The second-order valence-corrected chi connectivity index (χ2v) is 7.31. The molecule has 1 aliphatic rings. The first-order chi connectivity index (χ1) is 13.1. The number of benzene rings is 1. The van der Waals surface area contributed by atoms with E-state index in [4.69, 9.17) is 0 Å². The molecular weight excluding hydrogens is 326 g/mol. The number of aryl methyl sites for hydroxylation is 1. The fourth-order valence-corrected chi connectivity index (χ4v) is 3.48. The molecule has 1 aromatic heterocycles. The van der Waals surface area contributed by atoms with Gasteiger partial charge in [0, 0.05) is 11.4 Å². The van der Waals surface area contributed by atoms with E-state index < -0.39 is 0 Å². The monoisotopic (exact) mass is 355 g/mol. The maximum Gasteiger partial charge on any atom is 0.0531 e. The van der Waals surface area contributed by atoms with Crippen molar-refractivity contribution in [3.63, 3.8) is 0 Å². The third-order valence-corrected chi connectivity index (χ3v) is 5.01. The van der Waals surface area contributed by atoms with E-state index in [2.05, 4.69) is 104 Å². The SMILES string of the molecule is C=C(C)/C=C/C(C)/C1=C/C/C=C(/n2c(C)ccc2-c2ccccc2)C=CC1. The molecule has 0 amide bonds. The summed E-state index contributed by atoms with van der Waals surface area (Å²) < 4.78 is 2.36. The average molecular weight is 356 g/mol. The lowest BCUT2D eigenvalue weighted by molar-refractivity contribution is 0.822. The van der Waals surface area contributed by atoms with Crippen molar-refractivity contribution in [2.75, 3.05) is 0 Å². The number of hydrogen-bond acceptors (Lipinski definition) is 0. The summed E-state index contributed by atoms with van der Waals surface area (Å²) in [4.78, 5) is 0. The third-order valence-electron chi connectivity index (χ3n) is 5.01. The topological polar surface area (TPSA) is 4.93 Å². The van der Waals surface area contributed by atoms with Crippen LogP contribution < -0.4 is 0 Å². The van der Waals surface area contributed by atoms with Crippen molar-refractivity contribution in [3.05, 3.63) is 102 Å². The molecule has 1 nitrogen and oxygen atoms in total. The van der Waals surface area contributed by atoms with E-state index in [0.29, 0.717) is 5.92 Å². The van der Waals surface area contributed by atoms with Gasteiger partial charge in [0.05, 0.1) is 5.69 Å². The first kappa shape index (κ1) is 19.0. The molecule has 1 unspecified atom stereocenters. The van der Waals surface area contributed by atoms with Crippen LogP contribution in [-0.4, -0.2) is 4.57 Å². The Hall–Kier alpha value is -2.80. The molecule has 1 atom stereocenters. The lowest BCUT2D eigenvalue weighted by Gasteiger charge is -2.16. The highest BCUT2D eigenvalue weighted by molar-refractivity contribution is 5.71. The second kappa shape index (κ2) is 8.73. The van der Waals surface area contributed by atoms with E-state index in [1.807, 2.05) is 6.92 Å². The standard InChI is InChI=1S/C26H29N/c1-20(2)16-17-21(3)23-12-8-14-25(15-9-13-23)27-22(4)18-19-26(27)24-10-6-5-7-11-24/h5-8,10-11,13-19,21H,1,9,12H2,2-4H3/b14-8?,17-16+,23-13+,25-15+. The predicted octanol–water partition coefficient (Wildman–Crippen LogP) is 7.35. The van der Waals surface area contributed by atoms with Crippen LogP contribution in [0, 0.1) is 12.8 Å². The van der Waals surface area contributed by atoms with Gasteiger partial charge in [-0.1, -0.05) is 85.4 Å². The van der Waals surface area contributed by atoms with Gasteiger partial charge in [0.1, 0.15) is 0 Å². The Balaban J connectivity index is 1.88. The summed E-state index contributed by atoms with van der Waals surface area (Å²) >= 11 is 0. The van der Waals surface area contributed by atoms with Gasteiger partial charge in [-0.3, -0.25) is 0 Å². The molecule has 3 rings (SSSR count). The predicted molar refractivity (Wildman–Crippen MR) is 118 cm³/mol. The molecule has 0 radical (unpaired) electrons. The summed E-state index contributed by atoms with van der Waals surface area (Å²) in [6, 6.07) is 15.0. The summed E-state index contributed by atoms with van der Waals surface area (Å²) in [5.41, 5.74) is 7.56. The summed E-state index contributed by atoms with van der Waals surface area (Å²) in [7, 11) is 0. The van der Waals surface area contributed by atoms with Gasteiger partial charge in [0.2, 0.25) is 0 Å². The van der Waals surface area contributed by atoms with Gasteiger partial charge < -0.3 is 4.57 Å². The summed E-state index contributed by atoms with van der Waals surface area (Å²) in [5, 5.41) is 0. The molecule has 0 saturated heterocycles. The molecule has 0 spiro atoms. The third kappa shape index (κ3) is 4.68. The van der Waals surface area contributed by atoms with Crippen molar-refractivity contribution in [3.8, 4) is 11.3 Å². The Bertz CT molecular complexity index is 916. The van der Waals surface area contributed by atoms with Crippen molar-refractivity contribution < 1.29 is 0 Å². The van der Waals surface area contributed by atoms with Crippen LogP contribution in [0.25, 0.3) is 17.0 Å². The van der Waals surface area contributed by atoms with E-state index in [1.165, 1.54) is 28.2 Å². The zero-order valence-corrected chi connectivity index (χ0v) is 16.7. The Morgan fingerprint density at radius 1 is 1.11 bits per heavy atom. The van der Waals surface area contributed by atoms with E-state index in [1.54, 1.807) is 0 Å². The molecule has 1 heteroatoms. The molecule has 0 bridgehead atoms. The first-order valence-corrected chi connectivity index (χ1v) is 9.69. The Morgan fingerprint density at radius 2 is 1.89 bits per heavy atom. The molecule has 1 aromatic carbocycles. The van der Waals surface area contributed by atoms with Gasteiger partial charge in [-0.2, -0.15) is 0 Å². The quantitative estimate of drug-likeness (QED) is 0.390. The van der Waals surface area contributed by atoms with Gasteiger partial charge in [0.15, 0.2) is 0 Å². The Morgan fingerprint density at radius 3 is 2.63 bits per heavy atom. The van der Waals surface area contributed by atoms with Crippen LogP contribution in [0.3, 0.4) is 0 Å². The van der Waals surface area contributed by atoms with Crippen molar-refractivity contribution in [2.45, 2.75) is 33.6 Å².